The Kier molecular flexibility index (Phi) is 6.07. The van der Waals surface area contributed by atoms with Crippen LogP contribution in [0.4, 0.5) is 0 Å². The summed E-state index contributed by atoms with van der Waals surface area (Å²) in [4.78, 5) is 14.7. The van der Waals surface area contributed by atoms with Crippen LogP contribution in [0.2, 0.25) is 0 Å². The van der Waals surface area contributed by atoms with Gasteiger partial charge in [-0.05, 0) is 36.8 Å². The summed E-state index contributed by atoms with van der Waals surface area (Å²) in [5.74, 6) is 1.70. The first-order valence-corrected chi connectivity index (χ1v) is 7.77. The van der Waals surface area contributed by atoms with Crippen molar-refractivity contribution in [2.45, 2.75) is 13.5 Å². The van der Waals surface area contributed by atoms with Crippen molar-refractivity contribution in [1.29, 1.82) is 0 Å². The van der Waals surface area contributed by atoms with Crippen molar-refractivity contribution < 1.29 is 19.0 Å². The fourth-order valence-corrected chi connectivity index (χ4v) is 2.50. The number of para-hydroxylation sites is 1. The first-order chi connectivity index (χ1) is 11.6. The lowest BCUT2D eigenvalue weighted by Gasteiger charge is -2.23. The van der Waals surface area contributed by atoms with E-state index < -0.39 is 0 Å². The molecule has 0 heterocycles. The number of hydrogen-bond acceptors (Lipinski definition) is 4. The number of carbonyl (C=O) groups excluding carboxylic acids is 1. The van der Waals surface area contributed by atoms with Gasteiger partial charge in [-0.25, -0.2) is 0 Å². The third-order valence-corrected chi connectivity index (χ3v) is 3.83. The van der Waals surface area contributed by atoms with Gasteiger partial charge in [0.2, 0.25) is 0 Å². The number of methoxy groups -OCH3 is 3. The molecule has 2 aromatic rings. The van der Waals surface area contributed by atoms with Gasteiger partial charge in [-0.15, -0.1) is 0 Å². The zero-order valence-electron chi connectivity index (χ0n) is 14.5. The molecule has 24 heavy (non-hydrogen) atoms. The van der Waals surface area contributed by atoms with Crippen LogP contribution in [0.5, 0.6) is 17.2 Å². The van der Waals surface area contributed by atoms with E-state index in [4.69, 9.17) is 14.2 Å². The number of amides is 1. The summed E-state index contributed by atoms with van der Waals surface area (Å²) in [5.41, 5.74) is 1.53. The molecule has 0 spiro atoms. The monoisotopic (exact) mass is 329 g/mol. The summed E-state index contributed by atoms with van der Waals surface area (Å²) in [7, 11) is 4.72. The second-order valence-electron chi connectivity index (χ2n) is 5.21. The van der Waals surface area contributed by atoms with E-state index in [1.807, 2.05) is 31.2 Å². The highest BCUT2D eigenvalue weighted by Crippen LogP contribution is 2.31. The maximum Gasteiger partial charge on any atom is 0.258 e. The molecule has 5 heteroatoms. The molecule has 0 atom stereocenters. The Morgan fingerprint density at radius 1 is 0.958 bits per heavy atom. The maximum atomic E-state index is 12.9. The van der Waals surface area contributed by atoms with Crippen molar-refractivity contribution in [2.75, 3.05) is 27.9 Å². The van der Waals surface area contributed by atoms with Crippen LogP contribution in [0.15, 0.2) is 42.5 Å². The molecule has 0 radical (unpaired) electrons. The zero-order chi connectivity index (χ0) is 17.5. The average Bonchev–Trinajstić information content (AvgIpc) is 2.65. The van der Waals surface area contributed by atoms with E-state index in [2.05, 4.69) is 0 Å². The summed E-state index contributed by atoms with van der Waals surface area (Å²) < 4.78 is 15.8. The van der Waals surface area contributed by atoms with E-state index in [1.54, 1.807) is 37.3 Å². The minimum atomic E-state index is -0.0935. The highest BCUT2D eigenvalue weighted by Gasteiger charge is 2.21. The quantitative estimate of drug-likeness (QED) is 0.781. The Hall–Kier alpha value is -2.69. The van der Waals surface area contributed by atoms with E-state index in [9.17, 15) is 4.79 Å². The minimum Gasteiger partial charge on any atom is -0.497 e. The molecule has 0 bridgehead atoms. The molecule has 128 valence electrons. The number of rotatable bonds is 7. The van der Waals surface area contributed by atoms with Crippen molar-refractivity contribution in [3.05, 3.63) is 53.6 Å². The third-order valence-electron chi connectivity index (χ3n) is 3.83. The van der Waals surface area contributed by atoms with Gasteiger partial charge in [0, 0.05) is 13.1 Å². The molecule has 0 aliphatic rings. The number of ether oxygens (including phenoxy) is 3. The molecule has 0 aromatic heterocycles. The van der Waals surface area contributed by atoms with Gasteiger partial charge >= 0.3 is 0 Å². The van der Waals surface area contributed by atoms with Gasteiger partial charge < -0.3 is 19.1 Å². The molecule has 0 aliphatic heterocycles. The molecule has 0 aliphatic carbocycles. The summed E-state index contributed by atoms with van der Waals surface area (Å²) >= 11 is 0. The van der Waals surface area contributed by atoms with Crippen LogP contribution in [0.3, 0.4) is 0 Å². The van der Waals surface area contributed by atoms with Crippen LogP contribution in [0.25, 0.3) is 0 Å². The third kappa shape index (κ3) is 3.79. The van der Waals surface area contributed by atoms with Crippen LogP contribution in [-0.4, -0.2) is 38.7 Å². The molecule has 0 saturated carbocycles. The summed E-state index contributed by atoms with van der Waals surface area (Å²) in [6.07, 6.45) is 0. The lowest BCUT2D eigenvalue weighted by molar-refractivity contribution is 0.0748. The molecule has 0 fully saturated rings. The molecule has 0 N–H and O–H groups in total. The Labute approximate surface area is 142 Å². The van der Waals surface area contributed by atoms with Crippen molar-refractivity contribution in [2.24, 2.45) is 0 Å². The van der Waals surface area contributed by atoms with Gasteiger partial charge in [-0.3, -0.25) is 4.79 Å². The van der Waals surface area contributed by atoms with E-state index in [0.717, 1.165) is 11.3 Å². The van der Waals surface area contributed by atoms with Crippen LogP contribution in [-0.2, 0) is 6.54 Å². The number of benzene rings is 2. The Morgan fingerprint density at radius 2 is 1.67 bits per heavy atom. The van der Waals surface area contributed by atoms with Gasteiger partial charge in [-0.2, -0.15) is 0 Å². The Morgan fingerprint density at radius 3 is 2.21 bits per heavy atom. The molecule has 5 nitrogen and oxygen atoms in total. The van der Waals surface area contributed by atoms with E-state index in [-0.39, 0.29) is 5.91 Å². The molecule has 2 aromatic carbocycles. The van der Waals surface area contributed by atoms with Crippen molar-refractivity contribution in [1.82, 2.24) is 4.90 Å². The largest absolute Gasteiger partial charge is 0.497 e. The summed E-state index contributed by atoms with van der Waals surface area (Å²) in [6.45, 7) is 3.05. The van der Waals surface area contributed by atoms with Crippen molar-refractivity contribution in [3.8, 4) is 17.2 Å². The van der Waals surface area contributed by atoms with Gasteiger partial charge in [-0.1, -0.05) is 18.2 Å². The van der Waals surface area contributed by atoms with E-state index >= 15 is 0 Å². The Bertz CT molecular complexity index is 682. The second kappa shape index (κ2) is 8.24. The maximum absolute atomic E-state index is 12.9. The second-order valence-corrected chi connectivity index (χ2v) is 5.21. The van der Waals surface area contributed by atoms with Gasteiger partial charge in [0.05, 0.1) is 26.9 Å². The molecule has 0 unspecified atom stereocenters. The molecule has 1 amide bonds. The normalized spacial score (nSPS) is 10.2. The number of hydrogen-bond donors (Lipinski definition) is 0. The van der Waals surface area contributed by atoms with Crippen molar-refractivity contribution >= 4 is 5.91 Å². The standard InChI is InChI=1S/C19H23NO4/c1-5-20(13-14-9-11-15(22-2)12-10-14)19(21)16-7-6-8-17(23-3)18(16)24-4/h6-12H,5,13H2,1-4H3. The molecular formula is C19H23NO4. The average molecular weight is 329 g/mol. The molecule has 2 rings (SSSR count). The SMILES string of the molecule is CCN(Cc1ccc(OC)cc1)C(=O)c1cccc(OC)c1OC. The highest BCUT2D eigenvalue weighted by molar-refractivity contribution is 5.97. The Balaban J connectivity index is 2.25. The van der Waals surface area contributed by atoms with Crippen LogP contribution < -0.4 is 14.2 Å². The predicted molar refractivity (Wildman–Crippen MR) is 93.0 cm³/mol. The minimum absolute atomic E-state index is 0.0935. The van der Waals surface area contributed by atoms with Gasteiger partial charge in [0.15, 0.2) is 11.5 Å². The lowest BCUT2D eigenvalue weighted by atomic mass is 10.1. The first kappa shape index (κ1) is 17.7. The fraction of sp³-hybridized carbons (Fsp3) is 0.316. The topological polar surface area (TPSA) is 48.0 Å². The first-order valence-electron chi connectivity index (χ1n) is 7.77. The lowest BCUT2D eigenvalue weighted by Crippen LogP contribution is -2.30. The highest BCUT2D eigenvalue weighted by atomic mass is 16.5. The smallest absolute Gasteiger partial charge is 0.258 e. The van der Waals surface area contributed by atoms with Gasteiger partial charge in [0.1, 0.15) is 5.75 Å². The van der Waals surface area contributed by atoms with Gasteiger partial charge in [0.25, 0.3) is 5.91 Å². The molecular weight excluding hydrogens is 306 g/mol. The van der Waals surface area contributed by atoms with Crippen LogP contribution in [0, 0.1) is 0 Å². The van der Waals surface area contributed by atoms with Crippen LogP contribution in [0.1, 0.15) is 22.8 Å². The zero-order valence-corrected chi connectivity index (χ0v) is 14.5. The number of nitrogens with zero attached hydrogens (tertiary/aromatic N) is 1. The van der Waals surface area contributed by atoms with Crippen molar-refractivity contribution in [3.63, 3.8) is 0 Å². The van der Waals surface area contributed by atoms with E-state index in [1.165, 1.54) is 7.11 Å². The molecule has 0 saturated heterocycles. The number of carbonyl (C=O) groups is 1. The fourth-order valence-electron chi connectivity index (χ4n) is 2.50. The van der Waals surface area contributed by atoms with E-state index in [0.29, 0.717) is 30.2 Å². The summed E-state index contributed by atoms with van der Waals surface area (Å²) in [5, 5.41) is 0. The summed E-state index contributed by atoms with van der Waals surface area (Å²) in [6, 6.07) is 13.0. The predicted octanol–water partition coefficient (Wildman–Crippen LogP) is 3.37. The van der Waals surface area contributed by atoms with Crippen LogP contribution >= 0.6 is 0 Å².